The molecule has 1 aromatic heterocycles. The molecular weight excluding hydrogens is 205 g/mol. The second kappa shape index (κ2) is 2.49. The standard InChI is InChI=1S/C10H7Cl2N/c11-8-4-7-5-1-2-6(3-5)9(7)10(12)13-8/h1-2,4-6H,3H2. The van der Waals surface area contributed by atoms with Crippen molar-refractivity contribution in [3.05, 3.63) is 39.7 Å². The van der Waals surface area contributed by atoms with E-state index >= 15 is 0 Å². The van der Waals surface area contributed by atoms with Crippen LogP contribution in [0.3, 0.4) is 0 Å². The van der Waals surface area contributed by atoms with Crippen LogP contribution in [0.4, 0.5) is 0 Å². The van der Waals surface area contributed by atoms with Crippen LogP contribution in [0.5, 0.6) is 0 Å². The molecule has 66 valence electrons. The molecule has 1 heterocycles. The van der Waals surface area contributed by atoms with Crippen molar-refractivity contribution >= 4 is 23.2 Å². The van der Waals surface area contributed by atoms with E-state index in [1.54, 1.807) is 0 Å². The fourth-order valence-electron chi connectivity index (χ4n) is 2.33. The number of fused-ring (bicyclic) bond motifs is 5. The minimum Gasteiger partial charge on any atom is -0.224 e. The summed E-state index contributed by atoms with van der Waals surface area (Å²) in [7, 11) is 0. The van der Waals surface area contributed by atoms with Crippen LogP contribution in [0.1, 0.15) is 29.4 Å². The van der Waals surface area contributed by atoms with Gasteiger partial charge in [0.25, 0.3) is 0 Å². The van der Waals surface area contributed by atoms with Crippen LogP contribution in [0.15, 0.2) is 18.2 Å². The van der Waals surface area contributed by atoms with Gasteiger partial charge in [-0.05, 0) is 18.1 Å². The van der Waals surface area contributed by atoms with Crippen LogP contribution in [0, 0.1) is 0 Å². The van der Waals surface area contributed by atoms with Crippen LogP contribution in [-0.4, -0.2) is 4.98 Å². The van der Waals surface area contributed by atoms with Crippen molar-refractivity contribution in [2.45, 2.75) is 18.3 Å². The van der Waals surface area contributed by atoms with E-state index in [0.717, 1.165) is 6.42 Å². The summed E-state index contributed by atoms with van der Waals surface area (Å²) in [6.45, 7) is 0. The quantitative estimate of drug-likeness (QED) is 0.473. The zero-order chi connectivity index (χ0) is 9.00. The van der Waals surface area contributed by atoms with Gasteiger partial charge in [0, 0.05) is 17.4 Å². The summed E-state index contributed by atoms with van der Waals surface area (Å²) in [5, 5.41) is 1.09. The van der Waals surface area contributed by atoms with Gasteiger partial charge in [-0.1, -0.05) is 35.4 Å². The normalized spacial score (nSPS) is 28.2. The molecule has 3 heteroatoms. The van der Waals surface area contributed by atoms with E-state index in [1.165, 1.54) is 11.1 Å². The van der Waals surface area contributed by atoms with Gasteiger partial charge >= 0.3 is 0 Å². The van der Waals surface area contributed by atoms with Crippen molar-refractivity contribution in [1.29, 1.82) is 0 Å². The molecule has 0 amide bonds. The summed E-state index contributed by atoms with van der Waals surface area (Å²) < 4.78 is 0. The molecule has 0 aliphatic heterocycles. The number of aromatic nitrogens is 1. The first kappa shape index (κ1) is 7.84. The molecule has 0 aromatic carbocycles. The molecule has 0 saturated heterocycles. The Balaban J connectivity index is 2.29. The van der Waals surface area contributed by atoms with Crippen LogP contribution in [-0.2, 0) is 0 Å². The second-order valence-corrected chi connectivity index (χ2v) is 4.32. The molecule has 2 unspecified atom stereocenters. The van der Waals surface area contributed by atoms with Crippen molar-refractivity contribution in [1.82, 2.24) is 4.98 Å². The minimum atomic E-state index is 0.484. The molecule has 1 nitrogen and oxygen atoms in total. The molecule has 0 N–H and O–H groups in total. The lowest BCUT2D eigenvalue weighted by molar-refractivity contribution is 0.804. The van der Waals surface area contributed by atoms with Crippen molar-refractivity contribution in [2.75, 3.05) is 0 Å². The Morgan fingerprint density at radius 2 is 2.00 bits per heavy atom. The molecule has 1 aromatic rings. The summed E-state index contributed by atoms with van der Waals surface area (Å²) in [5.74, 6) is 1.01. The van der Waals surface area contributed by atoms with Crippen molar-refractivity contribution in [3.63, 3.8) is 0 Å². The molecular formula is C10H7Cl2N. The Bertz CT molecular complexity index is 412. The third-order valence-corrected chi connectivity index (χ3v) is 3.35. The lowest BCUT2D eigenvalue weighted by Crippen LogP contribution is -1.96. The summed E-state index contributed by atoms with van der Waals surface area (Å²) >= 11 is 11.9. The molecule has 2 bridgehead atoms. The number of nitrogens with zero attached hydrogens (tertiary/aromatic N) is 1. The summed E-state index contributed by atoms with van der Waals surface area (Å²) in [5.41, 5.74) is 2.47. The molecule has 13 heavy (non-hydrogen) atoms. The Morgan fingerprint density at radius 3 is 2.85 bits per heavy atom. The van der Waals surface area contributed by atoms with Crippen molar-refractivity contribution < 1.29 is 0 Å². The first-order valence-corrected chi connectivity index (χ1v) is 5.05. The maximum absolute atomic E-state index is 6.04. The molecule has 2 aliphatic carbocycles. The first-order valence-electron chi connectivity index (χ1n) is 4.30. The zero-order valence-corrected chi connectivity index (χ0v) is 8.31. The molecule has 0 radical (unpaired) electrons. The monoisotopic (exact) mass is 211 g/mol. The van der Waals surface area contributed by atoms with E-state index in [4.69, 9.17) is 23.2 Å². The largest absolute Gasteiger partial charge is 0.224 e. The van der Waals surface area contributed by atoms with E-state index < -0.39 is 0 Å². The SMILES string of the molecule is Clc1cc2c(c(Cl)n1)C1C=CC2C1. The molecule has 2 aliphatic rings. The Hall–Kier alpha value is -0.530. The van der Waals surface area contributed by atoms with Crippen LogP contribution in [0.2, 0.25) is 10.3 Å². The van der Waals surface area contributed by atoms with Crippen LogP contribution < -0.4 is 0 Å². The number of allylic oxidation sites excluding steroid dienone is 2. The lowest BCUT2D eigenvalue weighted by atomic mass is 9.99. The lowest BCUT2D eigenvalue weighted by Gasteiger charge is -2.11. The van der Waals surface area contributed by atoms with Gasteiger partial charge in [-0.15, -0.1) is 0 Å². The highest BCUT2D eigenvalue weighted by Gasteiger charge is 2.35. The first-order chi connectivity index (χ1) is 6.25. The van der Waals surface area contributed by atoms with Crippen molar-refractivity contribution in [3.8, 4) is 0 Å². The third-order valence-electron chi connectivity index (χ3n) is 2.87. The van der Waals surface area contributed by atoms with Gasteiger partial charge in [-0.3, -0.25) is 0 Å². The van der Waals surface area contributed by atoms with Gasteiger partial charge in [0.2, 0.25) is 0 Å². The summed E-state index contributed by atoms with van der Waals surface area (Å²) in [6, 6.07) is 1.94. The van der Waals surface area contributed by atoms with Gasteiger partial charge < -0.3 is 0 Å². The molecule has 0 fully saturated rings. The molecule has 3 rings (SSSR count). The average Bonchev–Trinajstić information content (AvgIpc) is 2.62. The third kappa shape index (κ3) is 0.976. The number of rotatable bonds is 0. The number of pyridine rings is 1. The second-order valence-electron chi connectivity index (χ2n) is 3.57. The fourth-order valence-corrected chi connectivity index (χ4v) is 2.91. The van der Waals surface area contributed by atoms with Crippen LogP contribution >= 0.6 is 23.2 Å². The number of hydrogen-bond donors (Lipinski definition) is 0. The fraction of sp³-hybridized carbons (Fsp3) is 0.300. The maximum atomic E-state index is 6.04. The van der Waals surface area contributed by atoms with E-state index in [-0.39, 0.29) is 0 Å². The van der Waals surface area contributed by atoms with Gasteiger partial charge in [0.1, 0.15) is 10.3 Å². The van der Waals surface area contributed by atoms with E-state index in [2.05, 4.69) is 17.1 Å². The Morgan fingerprint density at radius 1 is 1.23 bits per heavy atom. The number of halogens is 2. The van der Waals surface area contributed by atoms with Gasteiger partial charge in [-0.25, -0.2) is 4.98 Å². The van der Waals surface area contributed by atoms with Gasteiger partial charge in [-0.2, -0.15) is 0 Å². The smallest absolute Gasteiger partial charge is 0.134 e. The summed E-state index contributed by atoms with van der Waals surface area (Å²) in [4.78, 5) is 4.06. The maximum Gasteiger partial charge on any atom is 0.134 e. The predicted octanol–water partition coefficient (Wildman–Crippen LogP) is 3.53. The molecule has 0 saturated carbocycles. The highest BCUT2D eigenvalue weighted by atomic mass is 35.5. The van der Waals surface area contributed by atoms with Gasteiger partial charge in [0.05, 0.1) is 0 Å². The van der Waals surface area contributed by atoms with E-state index in [9.17, 15) is 0 Å². The van der Waals surface area contributed by atoms with E-state index in [1.807, 2.05) is 6.07 Å². The minimum absolute atomic E-state index is 0.484. The van der Waals surface area contributed by atoms with E-state index in [0.29, 0.717) is 22.1 Å². The van der Waals surface area contributed by atoms with Crippen LogP contribution in [0.25, 0.3) is 0 Å². The zero-order valence-electron chi connectivity index (χ0n) is 6.80. The highest BCUT2D eigenvalue weighted by molar-refractivity contribution is 6.33. The molecule has 0 spiro atoms. The predicted molar refractivity (Wildman–Crippen MR) is 53.5 cm³/mol. The van der Waals surface area contributed by atoms with Gasteiger partial charge in [0.15, 0.2) is 0 Å². The molecule has 2 atom stereocenters. The average molecular weight is 212 g/mol. The highest BCUT2D eigenvalue weighted by Crippen LogP contribution is 2.50. The topological polar surface area (TPSA) is 12.9 Å². The Labute approximate surface area is 86.4 Å². The number of hydrogen-bond acceptors (Lipinski definition) is 1. The summed E-state index contributed by atoms with van der Waals surface area (Å²) in [6.07, 6.45) is 5.60. The van der Waals surface area contributed by atoms with Crippen molar-refractivity contribution in [2.24, 2.45) is 0 Å². The Kier molecular flexibility index (Phi) is 1.50.